The quantitative estimate of drug-likeness (QED) is 0.652. The lowest BCUT2D eigenvalue weighted by molar-refractivity contribution is 0.673. The van der Waals surface area contributed by atoms with Gasteiger partial charge in [0.25, 0.3) is 0 Å². The number of piperidine rings is 1. The zero-order valence-corrected chi connectivity index (χ0v) is 6.45. The highest BCUT2D eigenvalue weighted by atomic mass is 15.2. The van der Waals surface area contributed by atoms with Crippen LogP contribution in [0.2, 0.25) is 0 Å². The first-order chi connectivity index (χ1) is 5.47. The Morgan fingerprint density at radius 3 is 2.82 bits per heavy atom. The number of hydrogen-bond donors (Lipinski definition) is 1. The standard InChI is InChI=1S/C8H12N3/c1-2-4-11(5-3-1)8-6-9-7-10-8/h1,6-7H,2-5H2,(H,9,10). The number of rotatable bonds is 1. The minimum atomic E-state index is 1.08. The summed E-state index contributed by atoms with van der Waals surface area (Å²) in [7, 11) is 0. The molecule has 0 unspecified atom stereocenters. The van der Waals surface area contributed by atoms with Crippen LogP contribution in [0.25, 0.3) is 0 Å². The number of aromatic amines is 1. The third kappa shape index (κ3) is 1.37. The number of hydrogen-bond acceptors (Lipinski definition) is 2. The van der Waals surface area contributed by atoms with Crippen molar-refractivity contribution in [2.24, 2.45) is 0 Å². The highest BCUT2D eigenvalue weighted by Crippen LogP contribution is 2.14. The number of nitrogens with one attached hydrogen (secondary N) is 1. The van der Waals surface area contributed by atoms with Gasteiger partial charge in [-0.3, -0.25) is 0 Å². The second-order valence-corrected chi connectivity index (χ2v) is 2.78. The Labute approximate surface area is 66.4 Å². The second kappa shape index (κ2) is 2.95. The lowest BCUT2D eigenvalue weighted by Gasteiger charge is -2.25. The van der Waals surface area contributed by atoms with Crippen LogP contribution in [0.1, 0.15) is 12.8 Å². The molecule has 0 aromatic carbocycles. The predicted octanol–water partition coefficient (Wildman–Crippen LogP) is 1.21. The molecule has 1 radical (unpaired) electrons. The first-order valence-corrected chi connectivity index (χ1v) is 4.02. The fourth-order valence-electron chi connectivity index (χ4n) is 1.40. The molecule has 2 rings (SSSR count). The van der Waals surface area contributed by atoms with Crippen molar-refractivity contribution in [1.82, 2.24) is 9.97 Å². The van der Waals surface area contributed by atoms with Crippen LogP contribution in [0.3, 0.4) is 0 Å². The molecule has 3 nitrogen and oxygen atoms in total. The predicted molar refractivity (Wildman–Crippen MR) is 44.3 cm³/mol. The van der Waals surface area contributed by atoms with E-state index in [4.69, 9.17) is 0 Å². The Kier molecular flexibility index (Phi) is 1.79. The lowest BCUT2D eigenvalue weighted by atomic mass is 10.1. The molecule has 0 bridgehead atoms. The maximum absolute atomic E-state index is 4.20. The van der Waals surface area contributed by atoms with Gasteiger partial charge >= 0.3 is 0 Å². The summed E-state index contributed by atoms with van der Waals surface area (Å²) in [5.74, 6) is 1.08. The van der Waals surface area contributed by atoms with E-state index in [1.54, 1.807) is 6.33 Å². The minimum Gasteiger partial charge on any atom is -0.355 e. The summed E-state index contributed by atoms with van der Waals surface area (Å²) in [4.78, 5) is 9.46. The molecule has 1 saturated heterocycles. The van der Waals surface area contributed by atoms with E-state index < -0.39 is 0 Å². The Balaban J connectivity index is 2.04. The summed E-state index contributed by atoms with van der Waals surface area (Å²) in [5, 5.41) is 0. The molecule has 1 fully saturated rings. The van der Waals surface area contributed by atoms with Gasteiger partial charge < -0.3 is 9.88 Å². The SMILES string of the molecule is [CH]1CCN(c2c[nH]cn2)CC1. The van der Waals surface area contributed by atoms with Crippen LogP contribution in [-0.4, -0.2) is 23.1 Å². The van der Waals surface area contributed by atoms with Crippen molar-refractivity contribution in [1.29, 1.82) is 0 Å². The summed E-state index contributed by atoms with van der Waals surface area (Å²) >= 11 is 0. The Morgan fingerprint density at radius 2 is 2.18 bits per heavy atom. The molecule has 3 heteroatoms. The normalized spacial score (nSPS) is 18.7. The van der Waals surface area contributed by atoms with Crippen molar-refractivity contribution in [3.8, 4) is 0 Å². The van der Waals surface area contributed by atoms with Crippen molar-refractivity contribution in [2.45, 2.75) is 12.8 Å². The van der Waals surface area contributed by atoms with Gasteiger partial charge in [0, 0.05) is 19.3 Å². The summed E-state index contributed by atoms with van der Waals surface area (Å²) in [6.45, 7) is 2.23. The molecule has 1 aromatic rings. The zero-order chi connectivity index (χ0) is 7.52. The Bertz CT molecular complexity index is 199. The summed E-state index contributed by atoms with van der Waals surface area (Å²) in [6.07, 6.45) is 8.39. The van der Waals surface area contributed by atoms with E-state index in [1.807, 2.05) is 6.20 Å². The Morgan fingerprint density at radius 1 is 1.36 bits per heavy atom. The van der Waals surface area contributed by atoms with Crippen molar-refractivity contribution >= 4 is 5.82 Å². The number of aromatic nitrogens is 2. The molecular weight excluding hydrogens is 138 g/mol. The van der Waals surface area contributed by atoms with Crippen LogP contribution < -0.4 is 4.90 Å². The number of anilines is 1. The molecule has 11 heavy (non-hydrogen) atoms. The maximum atomic E-state index is 4.20. The maximum Gasteiger partial charge on any atom is 0.146 e. The summed E-state index contributed by atoms with van der Waals surface area (Å²) < 4.78 is 0. The van der Waals surface area contributed by atoms with E-state index in [0.29, 0.717) is 0 Å². The van der Waals surface area contributed by atoms with Crippen LogP contribution >= 0.6 is 0 Å². The first-order valence-electron chi connectivity index (χ1n) is 4.02. The van der Waals surface area contributed by atoms with E-state index >= 15 is 0 Å². The molecule has 0 amide bonds. The van der Waals surface area contributed by atoms with Crippen LogP contribution in [0.4, 0.5) is 5.82 Å². The average Bonchev–Trinajstić information content (AvgIpc) is 2.58. The van der Waals surface area contributed by atoms with Crippen LogP contribution in [-0.2, 0) is 0 Å². The fraction of sp³-hybridized carbons (Fsp3) is 0.500. The van der Waals surface area contributed by atoms with E-state index in [2.05, 4.69) is 21.3 Å². The molecular formula is C8H12N3. The van der Waals surface area contributed by atoms with Gasteiger partial charge in [0.2, 0.25) is 0 Å². The molecule has 2 heterocycles. The van der Waals surface area contributed by atoms with Gasteiger partial charge in [0.15, 0.2) is 0 Å². The average molecular weight is 150 g/mol. The van der Waals surface area contributed by atoms with E-state index in [1.165, 1.54) is 12.8 Å². The van der Waals surface area contributed by atoms with E-state index in [0.717, 1.165) is 18.9 Å². The molecule has 0 aliphatic carbocycles. The van der Waals surface area contributed by atoms with Gasteiger partial charge in [-0.1, -0.05) is 0 Å². The van der Waals surface area contributed by atoms with Crippen LogP contribution in [0, 0.1) is 6.42 Å². The van der Waals surface area contributed by atoms with Gasteiger partial charge in [-0.05, 0) is 19.3 Å². The van der Waals surface area contributed by atoms with Gasteiger partial charge in [0.05, 0.1) is 6.33 Å². The van der Waals surface area contributed by atoms with Crippen LogP contribution in [0.5, 0.6) is 0 Å². The van der Waals surface area contributed by atoms with Crippen molar-refractivity contribution in [3.63, 3.8) is 0 Å². The van der Waals surface area contributed by atoms with Crippen molar-refractivity contribution < 1.29 is 0 Å². The van der Waals surface area contributed by atoms with Crippen LogP contribution in [0.15, 0.2) is 12.5 Å². The third-order valence-electron chi connectivity index (χ3n) is 2.01. The fourth-order valence-corrected chi connectivity index (χ4v) is 1.40. The molecule has 1 aliphatic rings. The highest BCUT2D eigenvalue weighted by Gasteiger charge is 2.11. The molecule has 0 spiro atoms. The third-order valence-corrected chi connectivity index (χ3v) is 2.01. The van der Waals surface area contributed by atoms with Gasteiger partial charge in [-0.2, -0.15) is 0 Å². The zero-order valence-electron chi connectivity index (χ0n) is 6.45. The number of H-pyrrole nitrogens is 1. The number of imidazole rings is 1. The minimum absolute atomic E-state index is 1.08. The van der Waals surface area contributed by atoms with E-state index in [9.17, 15) is 0 Å². The van der Waals surface area contributed by atoms with E-state index in [-0.39, 0.29) is 0 Å². The summed E-state index contributed by atoms with van der Waals surface area (Å²) in [6, 6.07) is 0. The van der Waals surface area contributed by atoms with Gasteiger partial charge in [-0.15, -0.1) is 0 Å². The Hall–Kier alpha value is -0.990. The molecule has 0 atom stereocenters. The molecule has 59 valence electrons. The number of nitrogens with zero attached hydrogens (tertiary/aromatic N) is 2. The smallest absolute Gasteiger partial charge is 0.146 e. The topological polar surface area (TPSA) is 31.9 Å². The van der Waals surface area contributed by atoms with Gasteiger partial charge in [-0.25, -0.2) is 4.98 Å². The van der Waals surface area contributed by atoms with Crippen molar-refractivity contribution in [2.75, 3.05) is 18.0 Å². The second-order valence-electron chi connectivity index (χ2n) is 2.78. The monoisotopic (exact) mass is 150 g/mol. The van der Waals surface area contributed by atoms with Crippen molar-refractivity contribution in [3.05, 3.63) is 18.9 Å². The molecule has 1 aliphatic heterocycles. The first kappa shape index (κ1) is 6.70. The molecule has 1 N–H and O–H groups in total. The highest BCUT2D eigenvalue weighted by molar-refractivity contribution is 5.36. The summed E-state index contributed by atoms with van der Waals surface area (Å²) in [5.41, 5.74) is 0. The molecule has 0 saturated carbocycles. The largest absolute Gasteiger partial charge is 0.355 e. The lowest BCUT2D eigenvalue weighted by Crippen LogP contribution is -2.29. The molecule has 1 aromatic heterocycles. The van der Waals surface area contributed by atoms with Gasteiger partial charge in [0.1, 0.15) is 5.82 Å².